The van der Waals surface area contributed by atoms with Gasteiger partial charge >= 0.3 is 5.97 Å². The summed E-state index contributed by atoms with van der Waals surface area (Å²) in [6.45, 7) is 3.90. The Hall–Kier alpha value is -2.11. The van der Waals surface area contributed by atoms with Crippen LogP contribution in [0.15, 0.2) is 46.7 Å². The molecular weight excluding hydrogens is 413 g/mol. The summed E-state index contributed by atoms with van der Waals surface area (Å²) in [5, 5.41) is 5.12. The lowest BCUT2D eigenvalue weighted by Crippen LogP contribution is -2.47. The van der Waals surface area contributed by atoms with Gasteiger partial charge in [-0.05, 0) is 43.5 Å². The number of ether oxygens (including phenoxy) is 1. The van der Waals surface area contributed by atoms with Crippen LogP contribution in [0.5, 0.6) is 0 Å². The van der Waals surface area contributed by atoms with E-state index in [1.807, 2.05) is 13.0 Å². The Labute approximate surface area is 178 Å². The van der Waals surface area contributed by atoms with E-state index in [1.54, 1.807) is 24.3 Å². The number of hydrogen-bond acceptors (Lipinski definition) is 5. The molecule has 4 aliphatic rings. The van der Waals surface area contributed by atoms with E-state index in [1.165, 1.54) is 0 Å². The van der Waals surface area contributed by atoms with Crippen molar-refractivity contribution in [2.75, 3.05) is 0 Å². The third-order valence-corrected chi connectivity index (χ3v) is 7.42. The van der Waals surface area contributed by atoms with E-state index < -0.39 is 17.7 Å². The first kappa shape index (κ1) is 18.9. The predicted molar refractivity (Wildman–Crippen MR) is 109 cm³/mol. The van der Waals surface area contributed by atoms with Crippen molar-refractivity contribution in [3.8, 4) is 0 Å². The lowest BCUT2D eigenvalue weighted by molar-refractivity contribution is -0.158. The summed E-state index contributed by atoms with van der Waals surface area (Å²) in [5.74, 6) is -0.710. The Morgan fingerprint density at radius 1 is 1.21 bits per heavy atom. The highest BCUT2D eigenvalue weighted by atomic mass is 35.5. The Bertz CT molecular complexity index is 1040. The summed E-state index contributed by atoms with van der Waals surface area (Å²) in [5.41, 5.74) is 1.16. The third kappa shape index (κ3) is 2.50. The van der Waals surface area contributed by atoms with E-state index in [9.17, 15) is 9.59 Å². The molecule has 4 atom stereocenters. The van der Waals surface area contributed by atoms with E-state index in [2.05, 4.69) is 12.1 Å². The fourth-order valence-corrected chi connectivity index (χ4v) is 5.87. The number of rotatable bonds is 1. The monoisotopic (exact) mass is 431 g/mol. The molecular formula is C22H19Cl2NO4. The number of carbonyl (C=O) groups excluding carboxylic acids is 2. The molecule has 2 aliphatic heterocycles. The highest BCUT2D eigenvalue weighted by Gasteiger charge is 2.66. The SMILES string of the molecule is CC1=C2[C@H]3OC(=O)C4(CC(c5c(Cl)cccc5Cl)=NO4)[C@@H]3CC[C@@]2(C)C=CC1=O. The van der Waals surface area contributed by atoms with E-state index in [4.69, 9.17) is 32.8 Å². The number of carbonyl (C=O) groups is 2. The maximum absolute atomic E-state index is 13.1. The standard InChI is InChI=1S/C22H19Cl2NO4/c1-11-16(26)7-9-21(2)8-6-12-19(18(11)21)28-20(27)22(12)10-15(25-29-22)17-13(23)4-3-5-14(17)24/h3-5,7,9,12,19H,6,8,10H2,1-2H3/t12-,19+,21+,22?/m1/s1. The summed E-state index contributed by atoms with van der Waals surface area (Å²) < 4.78 is 5.85. The number of esters is 1. The normalized spacial score (nSPS) is 35.4. The highest BCUT2D eigenvalue weighted by molar-refractivity contribution is 6.40. The molecule has 5 nitrogen and oxygen atoms in total. The van der Waals surface area contributed by atoms with Crippen molar-refractivity contribution < 1.29 is 19.2 Å². The summed E-state index contributed by atoms with van der Waals surface area (Å²) in [7, 11) is 0. The molecule has 0 radical (unpaired) electrons. The van der Waals surface area contributed by atoms with Gasteiger partial charge in [-0.15, -0.1) is 0 Å². The molecule has 5 rings (SSSR count). The Morgan fingerprint density at radius 3 is 2.66 bits per heavy atom. The lowest BCUT2D eigenvalue weighted by atomic mass is 9.60. The third-order valence-electron chi connectivity index (χ3n) is 6.79. The summed E-state index contributed by atoms with van der Waals surface area (Å²) >= 11 is 12.7. The predicted octanol–water partition coefficient (Wildman–Crippen LogP) is 4.65. The zero-order chi connectivity index (χ0) is 20.6. The minimum atomic E-state index is -1.21. The molecule has 0 amide bonds. The molecule has 2 fully saturated rings. The molecule has 0 N–H and O–H groups in total. The molecule has 2 heterocycles. The van der Waals surface area contributed by atoms with Gasteiger partial charge in [0.1, 0.15) is 6.10 Å². The zero-order valence-electron chi connectivity index (χ0n) is 16.0. The first-order valence-corrected chi connectivity index (χ1v) is 10.4. The second-order valence-corrected chi connectivity index (χ2v) is 9.23. The molecule has 2 aliphatic carbocycles. The Balaban J connectivity index is 1.53. The number of oxime groups is 1. The maximum atomic E-state index is 13.1. The van der Waals surface area contributed by atoms with Gasteiger partial charge in [0.05, 0.1) is 21.7 Å². The van der Waals surface area contributed by atoms with Crippen LogP contribution in [0, 0.1) is 11.3 Å². The summed E-state index contributed by atoms with van der Waals surface area (Å²) in [6, 6.07) is 5.21. The average Bonchev–Trinajstić information content (AvgIpc) is 3.21. The van der Waals surface area contributed by atoms with Crippen LogP contribution < -0.4 is 0 Å². The van der Waals surface area contributed by atoms with Crippen LogP contribution in [0.25, 0.3) is 0 Å². The van der Waals surface area contributed by atoms with Gasteiger partial charge in [-0.25, -0.2) is 4.79 Å². The van der Waals surface area contributed by atoms with Crippen molar-refractivity contribution in [1.82, 2.24) is 0 Å². The second kappa shape index (κ2) is 6.19. The topological polar surface area (TPSA) is 65.0 Å². The van der Waals surface area contributed by atoms with Gasteiger partial charge < -0.3 is 9.57 Å². The highest BCUT2D eigenvalue weighted by Crippen LogP contribution is 2.57. The van der Waals surface area contributed by atoms with Crippen LogP contribution in [-0.4, -0.2) is 29.2 Å². The minimum Gasteiger partial charge on any atom is -0.454 e. The molecule has 1 aromatic rings. The lowest BCUT2D eigenvalue weighted by Gasteiger charge is -2.43. The van der Waals surface area contributed by atoms with Crippen LogP contribution in [0.4, 0.5) is 0 Å². The second-order valence-electron chi connectivity index (χ2n) is 8.42. The van der Waals surface area contributed by atoms with Crippen LogP contribution in [0.1, 0.15) is 38.7 Å². The molecule has 1 spiro atoms. The molecule has 1 aromatic carbocycles. The number of ketones is 1. The van der Waals surface area contributed by atoms with E-state index in [0.717, 1.165) is 18.4 Å². The summed E-state index contributed by atoms with van der Waals surface area (Å²) in [6.07, 6.45) is 4.83. The van der Waals surface area contributed by atoms with Crippen molar-refractivity contribution in [3.05, 3.63) is 57.1 Å². The number of allylic oxidation sites excluding steroid dienone is 3. The smallest absolute Gasteiger partial charge is 0.354 e. The fourth-order valence-electron chi connectivity index (χ4n) is 5.25. The zero-order valence-corrected chi connectivity index (χ0v) is 17.5. The van der Waals surface area contributed by atoms with Crippen LogP contribution in [-0.2, 0) is 19.2 Å². The first-order valence-electron chi connectivity index (χ1n) is 9.62. The van der Waals surface area contributed by atoms with Gasteiger partial charge in [0.25, 0.3) is 0 Å². The first-order chi connectivity index (χ1) is 13.8. The van der Waals surface area contributed by atoms with Gasteiger partial charge in [0.15, 0.2) is 5.78 Å². The molecule has 0 bridgehead atoms. The molecule has 0 aromatic heterocycles. The van der Waals surface area contributed by atoms with Crippen molar-refractivity contribution in [2.45, 2.75) is 44.8 Å². The summed E-state index contributed by atoms with van der Waals surface area (Å²) in [4.78, 5) is 31.2. The molecule has 29 heavy (non-hydrogen) atoms. The van der Waals surface area contributed by atoms with Crippen molar-refractivity contribution in [3.63, 3.8) is 0 Å². The van der Waals surface area contributed by atoms with Gasteiger partial charge in [0, 0.05) is 23.0 Å². The largest absolute Gasteiger partial charge is 0.454 e. The quantitative estimate of drug-likeness (QED) is 0.606. The fraction of sp³-hybridized carbons (Fsp3) is 0.409. The number of halogens is 2. The number of fused-ring (bicyclic) bond motifs is 4. The van der Waals surface area contributed by atoms with Crippen LogP contribution in [0.2, 0.25) is 10.0 Å². The number of benzene rings is 1. The van der Waals surface area contributed by atoms with Gasteiger partial charge in [-0.3, -0.25) is 4.79 Å². The molecule has 1 saturated heterocycles. The Kier molecular flexibility index (Phi) is 4.03. The van der Waals surface area contributed by atoms with E-state index >= 15 is 0 Å². The van der Waals surface area contributed by atoms with Crippen LogP contribution >= 0.6 is 23.2 Å². The van der Waals surface area contributed by atoms with E-state index in [0.29, 0.717) is 26.9 Å². The van der Waals surface area contributed by atoms with Gasteiger partial charge in [-0.2, -0.15) is 0 Å². The molecule has 150 valence electrons. The van der Waals surface area contributed by atoms with Crippen LogP contribution in [0.3, 0.4) is 0 Å². The van der Waals surface area contributed by atoms with Crippen molar-refractivity contribution in [2.24, 2.45) is 16.5 Å². The minimum absolute atomic E-state index is 0.0396. The Morgan fingerprint density at radius 2 is 1.93 bits per heavy atom. The van der Waals surface area contributed by atoms with E-state index in [-0.39, 0.29) is 23.5 Å². The molecule has 1 unspecified atom stereocenters. The van der Waals surface area contributed by atoms with Crippen molar-refractivity contribution in [1.29, 1.82) is 0 Å². The molecule has 7 heteroatoms. The van der Waals surface area contributed by atoms with Crippen molar-refractivity contribution >= 4 is 40.7 Å². The average molecular weight is 432 g/mol. The number of hydrogen-bond donors (Lipinski definition) is 0. The maximum Gasteiger partial charge on any atom is 0.354 e. The number of nitrogens with zero attached hydrogens (tertiary/aromatic N) is 1. The van der Waals surface area contributed by atoms with Gasteiger partial charge in [-0.1, -0.05) is 47.4 Å². The van der Waals surface area contributed by atoms with Gasteiger partial charge in [0.2, 0.25) is 5.60 Å². The molecule has 1 saturated carbocycles.